The monoisotopic (exact) mass is 409 g/mol. The standard InChI is InChI=1S/C16H13Br2NO2/c17-10-3-5-14-12(8-10)13-9-11(18)4-6-15(13)19(14)7-1-2-16(20)21/h3-6,8-9H,1-2,7H2,(H,20,21). The molecular formula is C16H13Br2NO2. The molecule has 0 radical (unpaired) electrons. The quantitative estimate of drug-likeness (QED) is 0.643. The minimum atomic E-state index is -0.749. The molecule has 3 nitrogen and oxygen atoms in total. The van der Waals surface area contributed by atoms with Crippen molar-refractivity contribution < 1.29 is 9.90 Å². The van der Waals surface area contributed by atoms with E-state index >= 15 is 0 Å². The summed E-state index contributed by atoms with van der Waals surface area (Å²) in [7, 11) is 0. The highest BCUT2D eigenvalue weighted by Gasteiger charge is 2.11. The Balaban J connectivity index is 2.17. The number of aromatic nitrogens is 1. The van der Waals surface area contributed by atoms with Gasteiger partial charge in [-0.05, 0) is 42.8 Å². The summed E-state index contributed by atoms with van der Waals surface area (Å²) >= 11 is 7.04. The van der Waals surface area contributed by atoms with Crippen LogP contribution >= 0.6 is 31.9 Å². The van der Waals surface area contributed by atoms with Crippen LogP contribution in [0, 0.1) is 0 Å². The molecule has 5 heteroatoms. The molecule has 0 atom stereocenters. The highest BCUT2D eigenvalue weighted by atomic mass is 79.9. The van der Waals surface area contributed by atoms with Gasteiger partial charge in [-0.2, -0.15) is 0 Å². The number of fused-ring (bicyclic) bond motifs is 3. The Bertz CT molecular complexity index is 780. The van der Waals surface area contributed by atoms with Gasteiger partial charge in [-0.3, -0.25) is 4.79 Å². The van der Waals surface area contributed by atoms with E-state index in [0.717, 1.165) is 20.0 Å². The average Bonchev–Trinajstić information content (AvgIpc) is 2.72. The molecule has 0 bridgehead atoms. The number of hydrogen-bond acceptors (Lipinski definition) is 1. The van der Waals surface area contributed by atoms with Gasteiger partial charge in [0.25, 0.3) is 0 Å². The van der Waals surface area contributed by atoms with E-state index in [-0.39, 0.29) is 6.42 Å². The predicted molar refractivity (Wildman–Crippen MR) is 91.7 cm³/mol. The zero-order chi connectivity index (χ0) is 15.0. The van der Waals surface area contributed by atoms with E-state index in [0.29, 0.717) is 13.0 Å². The Morgan fingerprint density at radius 3 is 2.00 bits per heavy atom. The molecule has 0 unspecified atom stereocenters. The zero-order valence-electron chi connectivity index (χ0n) is 11.1. The topological polar surface area (TPSA) is 42.2 Å². The molecule has 0 fully saturated rings. The summed E-state index contributed by atoms with van der Waals surface area (Å²) in [4.78, 5) is 10.7. The molecule has 0 spiro atoms. The minimum absolute atomic E-state index is 0.189. The molecule has 1 heterocycles. The number of benzene rings is 2. The maximum atomic E-state index is 10.7. The van der Waals surface area contributed by atoms with E-state index in [1.54, 1.807) is 0 Å². The number of aliphatic carboxylic acids is 1. The fraction of sp³-hybridized carbons (Fsp3) is 0.188. The van der Waals surface area contributed by atoms with E-state index in [1.165, 1.54) is 10.8 Å². The predicted octanol–water partition coefficient (Wildman–Crippen LogP) is 5.18. The molecule has 0 aliphatic rings. The molecule has 0 aliphatic heterocycles. The Kier molecular flexibility index (Phi) is 4.04. The summed E-state index contributed by atoms with van der Waals surface area (Å²) in [5, 5.41) is 11.2. The summed E-state index contributed by atoms with van der Waals surface area (Å²) in [6.07, 6.45) is 0.814. The van der Waals surface area contributed by atoms with Crippen LogP contribution < -0.4 is 0 Å². The van der Waals surface area contributed by atoms with Gasteiger partial charge in [0.15, 0.2) is 0 Å². The van der Waals surface area contributed by atoms with Crippen molar-refractivity contribution in [1.29, 1.82) is 0 Å². The molecular weight excluding hydrogens is 398 g/mol. The first-order chi connectivity index (χ1) is 10.1. The summed E-state index contributed by atoms with van der Waals surface area (Å²) in [5.41, 5.74) is 2.27. The van der Waals surface area contributed by atoms with E-state index < -0.39 is 5.97 Å². The maximum absolute atomic E-state index is 10.7. The largest absolute Gasteiger partial charge is 0.481 e. The molecule has 108 valence electrons. The lowest BCUT2D eigenvalue weighted by Crippen LogP contribution is -2.01. The van der Waals surface area contributed by atoms with Crippen LogP contribution in [0.4, 0.5) is 0 Å². The fourth-order valence-corrected chi connectivity index (χ4v) is 3.40. The number of carboxylic acid groups (broad SMARTS) is 1. The molecule has 0 saturated heterocycles. The summed E-state index contributed by atoms with van der Waals surface area (Å²) in [5.74, 6) is -0.749. The second-order valence-electron chi connectivity index (χ2n) is 4.97. The normalized spacial score (nSPS) is 11.3. The van der Waals surface area contributed by atoms with Gasteiger partial charge in [0, 0.05) is 43.7 Å². The molecule has 0 amide bonds. The van der Waals surface area contributed by atoms with Crippen LogP contribution in [0.1, 0.15) is 12.8 Å². The Morgan fingerprint density at radius 1 is 1.00 bits per heavy atom. The lowest BCUT2D eigenvalue weighted by Gasteiger charge is -2.06. The number of carbonyl (C=O) groups is 1. The molecule has 1 N–H and O–H groups in total. The maximum Gasteiger partial charge on any atom is 0.303 e. The second-order valence-corrected chi connectivity index (χ2v) is 6.80. The third-order valence-electron chi connectivity index (χ3n) is 3.56. The first kappa shape index (κ1) is 14.6. The Labute approximate surface area is 138 Å². The second kappa shape index (κ2) is 5.81. The van der Waals surface area contributed by atoms with Gasteiger partial charge in [-0.1, -0.05) is 31.9 Å². The fourth-order valence-electron chi connectivity index (χ4n) is 2.68. The summed E-state index contributed by atoms with van der Waals surface area (Å²) in [6.45, 7) is 0.704. The molecule has 0 aliphatic carbocycles. The van der Waals surface area contributed by atoms with E-state index in [9.17, 15) is 4.79 Å². The van der Waals surface area contributed by atoms with Gasteiger partial charge in [0.1, 0.15) is 0 Å². The molecule has 3 rings (SSSR count). The molecule has 1 aromatic heterocycles. The molecule has 0 saturated carbocycles. The molecule has 2 aromatic carbocycles. The SMILES string of the molecule is O=C(O)CCCn1c2ccc(Br)cc2c2cc(Br)ccc21. The number of aryl methyl sites for hydroxylation is 1. The van der Waals surface area contributed by atoms with Crippen molar-refractivity contribution in [1.82, 2.24) is 4.57 Å². The van der Waals surface area contributed by atoms with Crippen molar-refractivity contribution in [2.75, 3.05) is 0 Å². The van der Waals surface area contributed by atoms with Gasteiger partial charge in [0.2, 0.25) is 0 Å². The molecule has 21 heavy (non-hydrogen) atoms. The summed E-state index contributed by atoms with van der Waals surface area (Å²) < 4.78 is 4.28. The number of hydrogen-bond donors (Lipinski definition) is 1. The number of halogens is 2. The van der Waals surface area contributed by atoms with Gasteiger partial charge < -0.3 is 9.67 Å². The average molecular weight is 411 g/mol. The van der Waals surface area contributed by atoms with Gasteiger partial charge in [0.05, 0.1) is 0 Å². The van der Waals surface area contributed by atoms with Crippen LogP contribution in [-0.4, -0.2) is 15.6 Å². The highest BCUT2D eigenvalue weighted by Crippen LogP contribution is 2.33. The smallest absolute Gasteiger partial charge is 0.303 e. The van der Waals surface area contributed by atoms with Gasteiger partial charge >= 0.3 is 5.97 Å². The lowest BCUT2D eigenvalue weighted by molar-refractivity contribution is -0.137. The first-order valence-corrected chi connectivity index (χ1v) is 8.23. The third kappa shape index (κ3) is 2.85. The highest BCUT2D eigenvalue weighted by molar-refractivity contribution is 9.10. The Morgan fingerprint density at radius 2 is 1.52 bits per heavy atom. The first-order valence-electron chi connectivity index (χ1n) is 6.65. The van der Waals surface area contributed by atoms with Crippen molar-refractivity contribution in [3.63, 3.8) is 0 Å². The van der Waals surface area contributed by atoms with Crippen molar-refractivity contribution in [2.24, 2.45) is 0 Å². The van der Waals surface area contributed by atoms with Crippen molar-refractivity contribution in [3.05, 3.63) is 45.3 Å². The van der Waals surface area contributed by atoms with Crippen LogP contribution in [0.25, 0.3) is 21.8 Å². The van der Waals surface area contributed by atoms with Crippen molar-refractivity contribution >= 4 is 59.6 Å². The van der Waals surface area contributed by atoms with E-state index in [4.69, 9.17) is 5.11 Å². The minimum Gasteiger partial charge on any atom is -0.481 e. The summed E-state index contributed by atoms with van der Waals surface area (Å²) in [6, 6.07) is 12.4. The third-order valence-corrected chi connectivity index (χ3v) is 4.55. The number of nitrogens with zero attached hydrogens (tertiary/aromatic N) is 1. The number of carboxylic acids is 1. The molecule has 3 aromatic rings. The Hall–Kier alpha value is -1.33. The van der Waals surface area contributed by atoms with E-state index in [1.807, 2.05) is 12.1 Å². The van der Waals surface area contributed by atoms with E-state index in [2.05, 4.69) is 60.7 Å². The van der Waals surface area contributed by atoms with Crippen LogP contribution in [0.3, 0.4) is 0 Å². The van der Waals surface area contributed by atoms with Crippen LogP contribution in [0.2, 0.25) is 0 Å². The van der Waals surface area contributed by atoms with Gasteiger partial charge in [-0.15, -0.1) is 0 Å². The lowest BCUT2D eigenvalue weighted by atomic mass is 10.2. The van der Waals surface area contributed by atoms with Crippen LogP contribution in [0.5, 0.6) is 0 Å². The van der Waals surface area contributed by atoms with Crippen molar-refractivity contribution in [3.8, 4) is 0 Å². The zero-order valence-corrected chi connectivity index (χ0v) is 14.3. The van der Waals surface area contributed by atoms with Crippen molar-refractivity contribution in [2.45, 2.75) is 19.4 Å². The number of rotatable bonds is 4. The van der Waals surface area contributed by atoms with Crippen LogP contribution in [-0.2, 0) is 11.3 Å². The van der Waals surface area contributed by atoms with Gasteiger partial charge in [-0.25, -0.2) is 0 Å². The van der Waals surface area contributed by atoms with Crippen LogP contribution in [0.15, 0.2) is 45.3 Å².